The number of carbonyl (C=O) groups is 1. The Hall–Kier alpha value is -2.28. The number of rotatable bonds is 5. The Morgan fingerprint density at radius 2 is 1.96 bits per heavy atom. The molecule has 0 fully saturated rings. The number of anilines is 1. The Balaban J connectivity index is 2.25. The second kappa shape index (κ2) is 6.87. The van der Waals surface area contributed by atoms with Crippen molar-refractivity contribution in [1.29, 1.82) is 0 Å². The van der Waals surface area contributed by atoms with E-state index in [4.69, 9.17) is 17.3 Å². The van der Waals surface area contributed by atoms with Crippen LogP contribution in [0.2, 0.25) is 5.15 Å². The van der Waals surface area contributed by atoms with Gasteiger partial charge in [-0.2, -0.15) is 13.2 Å². The maximum Gasteiger partial charge on any atom is 0.416 e. The second-order valence-corrected chi connectivity index (χ2v) is 5.20. The van der Waals surface area contributed by atoms with E-state index in [9.17, 15) is 18.0 Å². The van der Waals surface area contributed by atoms with Crippen LogP contribution in [0.1, 0.15) is 16.7 Å². The fourth-order valence-electron chi connectivity index (χ4n) is 2.09. The average molecular weight is 344 g/mol. The van der Waals surface area contributed by atoms with E-state index in [1.165, 1.54) is 30.5 Å². The van der Waals surface area contributed by atoms with Crippen molar-refractivity contribution in [2.75, 3.05) is 5.32 Å². The first-order valence-electron chi connectivity index (χ1n) is 6.59. The summed E-state index contributed by atoms with van der Waals surface area (Å²) in [5, 5.41) is 3.01. The number of nitrogens with zero attached hydrogens (tertiary/aromatic N) is 1. The van der Waals surface area contributed by atoms with Gasteiger partial charge in [-0.25, -0.2) is 4.98 Å². The topological polar surface area (TPSA) is 68.0 Å². The molecule has 0 spiro atoms. The molecule has 1 heterocycles. The van der Waals surface area contributed by atoms with E-state index in [0.29, 0.717) is 11.3 Å². The highest BCUT2D eigenvalue weighted by molar-refractivity contribution is 6.29. The van der Waals surface area contributed by atoms with Gasteiger partial charge in [-0.1, -0.05) is 29.8 Å². The quantitative estimate of drug-likeness (QED) is 0.818. The minimum Gasteiger partial charge on any atom is -0.381 e. The zero-order valence-corrected chi connectivity index (χ0v) is 12.6. The summed E-state index contributed by atoms with van der Waals surface area (Å²) in [4.78, 5) is 14.9. The molecule has 0 atom stereocenters. The molecule has 1 aromatic heterocycles. The van der Waals surface area contributed by atoms with Gasteiger partial charge in [-0.05, 0) is 17.7 Å². The molecule has 2 aromatic rings. The molecule has 4 nitrogen and oxygen atoms in total. The Labute approximate surface area is 135 Å². The molecule has 0 saturated carbocycles. The standard InChI is InChI=1S/C15H13ClF3N3O/c16-13-6-12(10(8-22-13)5-14(20)23)21-7-9-3-1-2-4-11(9)15(17,18)19/h1-4,6,8H,5,7H2,(H2,20,23)(H,21,22). The largest absolute Gasteiger partial charge is 0.416 e. The lowest BCUT2D eigenvalue weighted by Crippen LogP contribution is -2.16. The number of primary amides is 1. The van der Waals surface area contributed by atoms with Crippen LogP contribution in [0, 0.1) is 0 Å². The van der Waals surface area contributed by atoms with Crippen molar-refractivity contribution < 1.29 is 18.0 Å². The lowest BCUT2D eigenvalue weighted by molar-refractivity contribution is -0.138. The summed E-state index contributed by atoms with van der Waals surface area (Å²) in [5.41, 5.74) is 5.39. The summed E-state index contributed by atoms with van der Waals surface area (Å²) in [6.45, 7) is -0.0816. The van der Waals surface area contributed by atoms with Crippen LogP contribution in [0.5, 0.6) is 0 Å². The smallest absolute Gasteiger partial charge is 0.381 e. The average Bonchev–Trinajstić information content (AvgIpc) is 2.46. The number of carbonyl (C=O) groups excluding carboxylic acids is 1. The van der Waals surface area contributed by atoms with E-state index < -0.39 is 17.6 Å². The van der Waals surface area contributed by atoms with Gasteiger partial charge in [0, 0.05) is 24.0 Å². The molecule has 0 aliphatic rings. The van der Waals surface area contributed by atoms with Gasteiger partial charge in [0.05, 0.1) is 12.0 Å². The molecule has 3 N–H and O–H groups in total. The molecule has 0 saturated heterocycles. The third-order valence-corrected chi connectivity index (χ3v) is 3.32. The molecule has 122 valence electrons. The molecular weight excluding hydrogens is 331 g/mol. The molecule has 8 heteroatoms. The second-order valence-electron chi connectivity index (χ2n) is 4.82. The fourth-order valence-corrected chi connectivity index (χ4v) is 2.25. The van der Waals surface area contributed by atoms with Crippen LogP contribution in [0.25, 0.3) is 0 Å². The van der Waals surface area contributed by atoms with Crippen molar-refractivity contribution >= 4 is 23.2 Å². The Morgan fingerprint density at radius 1 is 1.26 bits per heavy atom. The van der Waals surface area contributed by atoms with E-state index in [1.54, 1.807) is 0 Å². The number of nitrogens with one attached hydrogen (secondary N) is 1. The summed E-state index contributed by atoms with van der Waals surface area (Å²) >= 11 is 5.79. The number of pyridine rings is 1. The number of hydrogen-bond acceptors (Lipinski definition) is 3. The summed E-state index contributed by atoms with van der Waals surface area (Å²) in [6, 6.07) is 6.69. The van der Waals surface area contributed by atoms with Gasteiger partial charge in [0.15, 0.2) is 0 Å². The van der Waals surface area contributed by atoms with Crippen molar-refractivity contribution in [2.24, 2.45) is 5.73 Å². The summed E-state index contributed by atoms with van der Waals surface area (Å²) in [5.74, 6) is -0.576. The first-order chi connectivity index (χ1) is 10.8. The van der Waals surface area contributed by atoms with Crippen LogP contribution < -0.4 is 11.1 Å². The number of nitrogens with two attached hydrogens (primary N) is 1. The number of halogens is 4. The van der Waals surface area contributed by atoms with E-state index in [0.717, 1.165) is 6.07 Å². The molecule has 0 radical (unpaired) electrons. The van der Waals surface area contributed by atoms with E-state index in [2.05, 4.69) is 10.3 Å². The van der Waals surface area contributed by atoms with Gasteiger partial charge < -0.3 is 11.1 Å². The highest BCUT2D eigenvalue weighted by Crippen LogP contribution is 2.32. The summed E-state index contributed by atoms with van der Waals surface area (Å²) < 4.78 is 38.9. The van der Waals surface area contributed by atoms with Crippen molar-refractivity contribution in [1.82, 2.24) is 4.98 Å². The zero-order chi connectivity index (χ0) is 17.0. The lowest BCUT2D eigenvalue weighted by atomic mass is 10.1. The molecule has 2 rings (SSSR count). The maximum absolute atomic E-state index is 13.0. The Bertz CT molecular complexity index is 719. The Kier molecular flexibility index (Phi) is 5.10. The van der Waals surface area contributed by atoms with Crippen LogP contribution in [0.4, 0.5) is 18.9 Å². The van der Waals surface area contributed by atoms with Crippen LogP contribution in [-0.2, 0) is 23.9 Å². The van der Waals surface area contributed by atoms with Gasteiger partial charge in [-0.15, -0.1) is 0 Å². The third-order valence-electron chi connectivity index (χ3n) is 3.11. The molecular formula is C15H13ClF3N3O. The zero-order valence-electron chi connectivity index (χ0n) is 11.8. The summed E-state index contributed by atoms with van der Waals surface area (Å²) in [7, 11) is 0. The molecule has 0 aliphatic heterocycles. The van der Waals surface area contributed by atoms with Gasteiger partial charge in [0.1, 0.15) is 5.15 Å². The van der Waals surface area contributed by atoms with Crippen LogP contribution in [-0.4, -0.2) is 10.9 Å². The van der Waals surface area contributed by atoms with Crippen LogP contribution >= 0.6 is 11.6 Å². The normalized spacial score (nSPS) is 11.3. The van der Waals surface area contributed by atoms with Gasteiger partial charge >= 0.3 is 6.18 Å². The SMILES string of the molecule is NC(=O)Cc1cnc(Cl)cc1NCc1ccccc1C(F)(F)F. The third kappa shape index (κ3) is 4.59. The van der Waals surface area contributed by atoms with Crippen molar-refractivity contribution in [3.63, 3.8) is 0 Å². The van der Waals surface area contributed by atoms with E-state index in [-0.39, 0.29) is 23.7 Å². The summed E-state index contributed by atoms with van der Waals surface area (Å²) in [6.07, 6.45) is -3.16. The molecule has 1 aromatic carbocycles. The van der Waals surface area contributed by atoms with Crippen LogP contribution in [0.3, 0.4) is 0 Å². The maximum atomic E-state index is 13.0. The number of alkyl halides is 3. The lowest BCUT2D eigenvalue weighted by Gasteiger charge is -2.15. The number of hydrogen-bond donors (Lipinski definition) is 2. The first kappa shape index (κ1) is 17.1. The molecule has 0 unspecified atom stereocenters. The number of aromatic nitrogens is 1. The van der Waals surface area contributed by atoms with E-state index in [1.807, 2.05) is 0 Å². The van der Waals surface area contributed by atoms with Crippen molar-refractivity contribution in [2.45, 2.75) is 19.1 Å². The first-order valence-corrected chi connectivity index (χ1v) is 6.97. The minimum atomic E-state index is -4.44. The van der Waals surface area contributed by atoms with Gasteiger partial charge in [0.25, 0.3) is 0 Å². The predicted molar refractivity (Wildman–Crippen MR) is 80.9 cm³/mol. The van der Waals surface area contributed by atoms with Crippen molar-refractivity contribution in [3.05, 3.63) is 58.4 Å². The fraction of sp³-hybridized carbons (Fsp3) is 0.200. The highest BCUT2D eigenvalue weighted by atomic mass is 35.5. The molecule has 0 aliphatic carbocycles. The Morgan fingerprint density at radius 3 is 2.61 bits per heavy atom. The number of amides is 1. The van der Waals surface area contributed by atoms with Gasteiger partial charge in [0.2, 0.25) is 5.91 Å². The highest BCUT2D eigenvalue weighted by Gasteiger charge is 2.32. The minimum absolute atomic E-state index is 0.0814. The van der Waals surface area contributed by atoms with Crippen LogP contribution in [0.15, 0.2) is 36.5 Å². The number of benzene rings is 1. The van der Waals surface area contributed by atoms with Crippen molar-refractivity contribution in [3.8, 4) is 0 Å². The predicted octanol–water partition coefficient (Wildman–Crippen LogP) is 3.39. The molecule has 0 bridgehead atoms. The molecule has 1 amide bonds. The van der Waals surface area contributed by atoms with E-state index >= 15 is 0 Å². The molecule has 23 heavy (non-hydrogen) atoms. The monoisotopic (exact) mass is 343 g/mol. The van der Waals surface area contributed by atoms with Gasteiger partial charge in [-0.3, -0.25) is 4.79 Å².